The lowest BCUT2D eigenvalue weighted by Gasteiger charge is -2.07. The molecule has 118 valence electrons. The molecule has 0 radical (unpaired) electrons. The number of nitrogens with zero attached hydrogens (tertiary/aromatic N) is 1. The molecule has 0 aliphatic carbocycles. The van der Waals surface area contributed by atoms with Crippen molar-refractivity contribution in [1.82, 2.24) is 4.98 Å². The number of fused-ring (bicyclic) bond motifs is 1. The number of anilines is 1. The first-order chi connectivity index (χ1) is 11.2. The van der Waals surface area contributed by atoms with E-state index >= 15 is 0 Å². The lowest BCUT2D eigenvalue weighted by Crippen LogP contribution is -2.12. The summed E-state index contributed by atoms with van der Waals surface area (Å²) in [5.74, 6) is 0.828. The maximum atomic E-state index is 12.6. The van der Waals surface area contributed by atoms with Crippen LogP contribution in [0, 0.1) is 0 Å². The molecule has 2 aromatic carbocycles. The van der Waals surface area contributed by atoms with Gasteiger partial charge in [-0.2, -0.15) is 0 Å². The lowest BCUT2D eigenvalue weighted by molar-refractivity contribution is 0.102. The Morgan fingerprint density at radius 3 is 2.74 bits per heavy atom. The van der Waals surface area contributed by atoms with Gasteiger partial charge in [-0.1, -0.05) is 36.5 Å². The number of carbonyl (C=O) groups is 1. The van der Waals surface area contributed by atoms with Gasteiger partial charge in [-0.3, -0.25) is 10.1 Å². The van der Waals surface area contributed by atoms with Crippen LogP contribution in [0.3, 0.4) is 0 Å². The molecule has 1 heterocycles. The zero-order chi connectivity index (χ0) is 16.2. The van der Waals surface area contributed by atoms with E-state index in [-0.39, 0.29) is 5.91 Å². The molecular formula is C17H16N2OS3. The van der Waals surface area contributed by atoms with Crippen LogP contribution in [0.25, 0.3) is 10.2 Å². The van der Waals surface area contributed by atoms with E-state index in [1.54, 1.807) is 23.5 Å². The number of nitrogens with one attached hydrogen (secondary N) is 1. The number of hydrogen-bond acceptors (Lipinski definition) is 5. The summed E-state index contributed by atoms with van der Waals surface area (Å²) < 4.78 is 1.09. The fourth-order valence-corrected chi connectivity index (χ4v) is 4.56. The minimum Gasteiger partial charge on any atom is -0.298 e. The van der Waals surface area contributed by atoms with Crippen molar-refractivity contribution in [2.24, 2.45) is 0 Å². The molecule has 3 rings (SSSR count). The summed E-state index contributed by atoms with van der Waals surface area (Å²) in [5.41, 5.74) is 1.65. The molecule has 0 aliphatic rings. The molecule has 0 unspecified atom stereocenters. The standard InChI is InChI=1S/C17H16N2OS3/c1-3-22-12-8-5-4-7-11(12)16(20)19-17-18-15-13(21-2)9-6-10-14(15)23-17/h4-10H,3H2,1-2H3,(H,18,19,20). The van der Waals surface area contributed by atoms with Gasteiger partial charge in [0.05, 0.1) is 15.8 Å². The van der Waals surface area contributed by atoms with E-state index < -0.39 is 0 Å². The van der Waals surface area contributed by atoms with E-state index in [0.29, 0.717) is 10.7 Å². The lowest BCUT2D eigenvalue weighted by atomic mass is 10.2. The highest BCUT2D eigenvalue weighted by Crippen LogP contribution is 2.32. The topological polar surface area (TPSA) is 42.0 Å². The number of carbonyl (C=O) groups excluding carboxylic acids is 1. The van der Waals surface area contributed by atoms with Crippen LogP contribution in [-0.4, -0.2) is 22.9 Å². The molecule has 0 spiro atoms. The maximum absolute atomic E-state index is 12.6. The normalized spacial score (nSPS) is 10.9. The van der Waals surface area contributed by atoms with Crippen molar-refractivity contribution >= 4 is 56.1 Å². The van der Waals surface area contributed by atoms with Gasteiger partial charge in [0.25, 0.3) is 5.91 Å². The van der Waals surface area contributed by atoms with Crippen molar-refractivity contribution in [3.63, 3.8) is 0 Å². The summed E-state index contributed by atoms with van der Waals surface area (Å²) in [7, 11) is 0. The number of aromatic nitrogens is 1. The zero-order valence-electron chi connectivity index (χ0n) is 12.8. The summed E-state index contributed by atoms with van der Waals surface area (Å²) in [5, 5.41) is 3.59. The number of thiazole rings is 1. The van der Waals surface area contributed by atoms with Crippen LogP contribution in [0.1, 0.15) is 17.3 Å². The third-order valence-electron chi connectivity index (χ3n) is 3.25. The summed E-state index contributed by atoms with van der Waals surface area (Å²) in [6.45, 7) is 2.08. The molecule has 3 aromatic rings. The highest BCUT2D eigenvalue weighted by Gasteiger charge is 2.14. The average molecular weight is 361 g/mol. The Bertz CT molecular complexity index is 845. The molecule has 1 aromatic heterocycles. The molecule has 3 nitrogen and oxygen atoms in total. The van der Waals surface area contributed by atoms with Crippen molar-refractivity contribution in [2.75, 3.05) is 17.3 Å². The minimum absolute atomic E-state index is 0.105. The van der Waals surface area contributed by atoms with Gasteiger partial charge < -0.3 is 0 Å². The van der Waals surface area contributed by atoms with Gasteiger partial charge in [-0.25, -0.2) is 4.98 Å². The Balaban J connectivity index is 1.89. The van der Waals surface area contributed by atoms with Crippen LogP contribution in [0.2, 0.25) is 0 Å². The van der Waals surface area contributed by atoms with Crippen LogP contribution < -0.4 is 5.32 Å². The van der Waals surface area contributed by atoms with Gasteiger partial charge in [0.1, 0.15) is 0 Å². The summed E-state index contributed by atoms with van der Waals surface area (Å²) >= 11 is 4.84. The van der Waals surface area contributed by atoms with Crippen LogP contribution >= 0.6 is 34.9 Å². The molecule has 0 aliphatic heterocycles. The van der Waals surface area contributed by atoms with Crippen molar-refractivity contribution in [1.29, 1.82) is 0 Å². The van der Waals surface area contributed by atoms with E-state index in [1.807, 2.05) is 48.7 Å². The minimum atomic E-state index is -0.105. The fourth-order valence-electron chi connectivity index (χ4n) is 2.24. The summed E-state index contributed by atoms with van der Waals surface area (Å²) in [6, 6.07) is 13.8. The van der Waals surface area contributed by atoms with E-state index in [1.165, 1.54) is 11.3 Å². The Labute approximate surface area is 147 Å². The zero-order valence-corrected chi connectivity index (χ0v) is 15.3. The maximum Gasteiger partial charge on any atom is 0.258 e. The predicted octanol–water partition coefficient (Wildman–Crippen LogP) is 5.38. The third kappa shape index (κ3) is 3.54. The molecule has 0 bridgehead atoms. The quantitative estimate of drug-likeness (QED) is 0.620. The Morgan fingerprint density at radius 2 is 1.96 bits per heavy atom. The van der Waals surface area contributed by atoms with Crippen LogP contribution in [-0.2, 0) is 0 Å². The molecule has 0 atom stereocenters. The van der Waals surface area contributed by atoms with Crippen molar-refractivity contribution in [2.45, 2.75) is 16.7 Å². The third-order valence-corrected chi connectivity index (χ3v) is 5.91. The summed E-state index contributed by atoms with van der Waals surface area (Å²) in [6.07, 6.45) is 2.03. The number of para-hydroxylation sites is 1. The second-order valence-corrected chi connectivity index (χ2v) is 7.89. The second-order valence-electron chi connectivity index (χ2n) is 4.71. The van der Waals surface area contributed by atoms with Gasteiger partial charge in [-0.05, 0) is 36.3 Å². The van der Waals surface area contributed by atoms with Crippen LogP contribution in [0.4, 0.5) is 5.13 Å². The molecule has 1 amide bonds. The number of amides is 1. The number of hydrogen-bond donors (Lipinski definition) is 1. The van der Waals surface area contributed by atoms with Gasteiger partial charge in [0, 0.05) is 9.79 Å². The monoisotopic (exact) mass is 360 g/mol. The largest absolute Gasteiger partial charge is 0.298 e. The Hall–Kier alpha value is -1.50. The highest BCUT2D eigenvalue weighted by atomic mass is 32.2. The summed E-state index contributed by atoms with van der Waals surface area (Å²) in [4.78, 5) is 19.3. The SMILES string of the molecule is CCSc1ccccc1C(=O)Nc1nc2c(SC)cccc2s1. The van der Waals surface area contributed by atoms with E-state index in [2.05, 4.69) is 17.2 Å². The van der Waals surface area contributed by atoms with Crippen molar-refractivity contribution < 1.29 is 4.79 Å². The fraction of sp³-hybridized carbons (Fsp3) is 0.176. The van der Waals surface area contributed by atoms with Gasteiger partial charge >= 0.3 is 0 Å². The Morgan fingerprint density at radius 1 is 1.17 bits per heavy atom. The molecule has 23 heavy (non-hydrogen) atoms. The molecule has 0 saturated heterocycles. The molecule has 0 fully saturated rings. The number of thioether (sulfide) groups is 2. The smallest absolute Gasteiger partial charge is 0.258 e. The first kappa shape index (κ1) is 16.4. The first-order valence-corrected chi connectivity index (χ1v) is 10.2. The van der Waals surface area contributed by atoms with Gasteiger partial charge in [0.2, 0.25) is 0 Å². The molecular weight excluding hydrogens is 344 g/mol. The second kappa shape index (κ2) is 7.38. The van der Waals surface area contributed by atoms with E-state index in [0.717, 1.165) is 25.8 Å². The number of rotatable bonds is 5. The Kier molecular flexibility index (Phi) is 5.25. The average Bonchev–Trinajstić information content (AvgIpc) is 2.97. The van der Waals surface area contributed by atoms with Gasteiger partial charge in [0.15, 0.2) is 5.13 Å². The molecule has 0 saturated carbocycles. The number of benzene rings is 2. The highest BCUT2D eigenvalue weighted by molar-refractivity contribution is 7.99. The van der Waals surface area contributed by atoms with Crippen LogP contribution in [0.15, 0.2) is 52.3 Å². The predicted molar refractivity (Wildman–Crippen MR) is 102 cm³/mol. The van der Waals surface area contributed by atoms with E-state index in [4.69, 9.17) is 0 Å². The van der Waals surface area contributed by atoms with Gasteiger partial charge in [-0.15, -0.1) is 23.5 Å². The van der Waals surface area contributed by atoms with E-state index in [9.17, 15) is 4.79 Å². The first-order valence-electron chi connectivity index (χ1n) is 7.19. The van der Waals surface area contributed by atoms with Crippen molar-refractivity contribution in [3.8, 4) is 0 Å². The molecule has 6 heteroatoms. The van der Waals surface area contributed by atoms with Crippen molar-refractivity contribution in [3.05, 3.63) is 48.0 Å². The molecule has 1 N–H and O–H groups in total. The van der Waals surface area contributed by atoms with Crippen LogP contribution in [0.5, 0.6) is 0 Å².